The van der Waals surface area contributed by atoms with Crippen LogP contribution in [-0.2, 0) is 0 Å². The van der Waals surface area contributed by atoms with Gasteiger partial charge in [0.2, 0.25) is 0 Å². The van der Waals surface area contributed by atoms with Crippen LogP contribution in [0.2, 0.25) is 0 Å². The fourth-order valence-corrected chi connectivity index (χ4v) is 2.43. The molecule has 1 amide bonds. The van der Waals surface area contributed by atoms with Gasteiger partial charge in [0.05, 0.1) is 15.7 Å². The van der Waals surface area contributed by atoms with E-state index in [0.29, 0.717) is 11.5 Å². The molecule has 3 aromatic rings. The summed E-state index contributed by atoms with van der Waals surface area (Å²) in [6, 6.07) is 8.90. The lowest BCUT2D eigenvalue weighted by Gasteiger charge is -2.04. The van der Waals surface area contributed by atoms with Crippen LogP contribution in [0.1, 0.15) is 10.5 Å². The Morgan fingerprint density at radius 3 is 2.85 bits per heavy atom. The van der Waals surface area contributed by atoms with E-state index in [1.807, 2.05) is 18.2 Å². The van der Waals surface area contributed by atoms with Gasteiger partial charge in [0.25, 0.3) is 5.91 Å². The lowest BCUT2D eigenvalue weighted by molar-refractivity contribution is 0.102. The quantitative estimate of drug-likeness (QED) is 0.772. The molecule has 0 unspecified atom stereocenters. The molecule has 100 valence electrons. The summed E-state index contributed by atoms with van der Waals surface area (Å²) < 4.78 is 1.03. The van der Waals surface area contributed by atoms with Crippen molar-refractivity contribution in [2.24, 2.45) is 0 Å². The zero-order valence-corrected chi connectivity index (χ0v) is 11.4. The number of amides is 1. The van der Waals surface area contributed by atoms with Gasteiger partial charge in [-0.2, -0.15) is 0 Å². The predicted molar refractivity (Wildman–Crippen MR) is 79.2 cm³/mol. The Bertz CT molecular complexity index is 753. The first-order valence-electron chi connectivity index (χ1n) is 5.92. The highest BCUT2D eigenvalue weighted by molar-refractivity contribution is 7.16. The van der Waals surface area contributed by atoms with Crippen molar-refractivity contribution in [3.8, 4) is 0 Å². The molecule has 20 heavy (non-hydrogen) atoms. The molecule has 0 spiro atoms. The minimum Gasteiger partial charge on any atom is -0.372 e. The molecule has 0 aliphatic heterocycles. The Labute approximate surface area is 118 Å². The van der Waals surface area contributed by atoms with Crippen molar-refractivity contribution in [3.63, 3.8) is 0 Å². The van der Waals surface area contributed by atoms with Crippen molar-refractivity contribution in [2.75, 3.05) is 17.7 Å². The Morgan fingerprint density at radius 1 is 1.20 bits per heavy atom. The first kappa shape index (κ1) is 12.5. The summed E-state index contributed by atoms with van der Waals surface area (Å²) in [5, 5.41) is 13.4. The van der Waals surface area contributed by atoms with E-state index in [-0.39, 0.29) is 11.6 Å². The van der Waals surface area contributed by atoms with Crippen molar-refractivity contribution < 1.29 is 4.79 Å². The van der Waals surface area contributed by atoms with Gasteiger partial charge in [-0.25, -0.2) is 4.98 Å². The van der Waals surface area contributed by atoms with E-state index in [1.54, 1.807) is 24.7 Å². The molecule has 0 aliphatic rings. The second-order valence-electron chi connectivity index (χ2n) is 4.04. The minimum atomic E-state index is -0.288. The van der Waals surface area contributed by atoms with Gasteiger partial charge in [-0.05, 0) is 30.3 Å². The molecule has 3 rings (SSSR count). The highest BCUT2D eigenvalue weighted by Crippen LogP contribution is 2.22. The van der Waals surface area contributed by atoms with E-state index in [0.717, 1.165) is 10.2 Å². The molecule has 0 saturated heterocycles. The van der Waals surface area contributed by atoms with Crippen LogP contribution in [0.4, 0.5) is 11.5 Å². The lowest BCUT2D eigenvalue weighted by atomic mass is 10.3. The number of hydrogen-bond donors (Lipinski definition) is 2. The number of hydrogen-bond acceptors (Lipinski definition) is 6. The van der Waals surface area contributed by atoms with Gasteiger partial charge in [-0.1, -0.05) is 0 Å². The van der Waals surface area contributed by atoms with Crippen LogP contribution in [0.15, 0.2) is 35.8 Å². The minimum absolute atomic E-state index is 0.272. The van der Waals surface area contributed by atoms with Gasteiger partial charge in [-0.15, -0.1) is 21.5 Å². The molecule has 2 aromatic heterocycles. The Hall–Kier alpha value is -2.54. The summed E-state index contributed by atoms with van der Waals surface area (Å²) in [4.78, 5) is 16.2. The second kappa shape index (κ2) is 5.22. The average Bonchev–Trinajstić information content (AvgIpc) is 2.95. The Balaban J connectivity index is 1.80. The van der Waals surface area contributed by atoms with E-state index in [1.165, 1.54) is 11.3 Å². The molecular formula is C13H11N5OS. The maximum Gasteiger partial charge on any atom is 0.276 e. The number of aromatic nitrogens is 3. The average molecular weight is 285 g/mol. The fourth-order valence-electron chi connectivity index (χ4n) is 1.71. The van der Waals surface area contributed by atoms with Crippen LogP contribution in [0, 0.1) is 0 Å². The molecule has 0 bridgehead atoms. The maximum atomic E-state index is 12.0. The number of rotatable bonds is 3. The standard InChI is InChI=1S/C13H11N5OS/c1-14-12-5-4-10(17-18-12)13(19)16-8-2-3-9-11(6-8)20-7-15-9/h2-7H,1H3,(H,14,18)(H,16,19). The molecule has 0 saturated carbocycles. The van der Waals surface area contributed by atoms with Crippen LogP contribution < -0.4 is 10.6 Å². The monoisotopic (exact) mass is 285 g/mol. The molecule has 2 heterocycles. The molecule has 0 radical (unpaired) electrons. The number of anilines is 2. The van der Waals surface area contributed by atoms with Gasteiger partial charge in [0, 0.05) is 12.7 Å². The third kappa shape index (κ3) is 2.43. The van der Waals surface area contributed by atoms with Gasteiger partial charge in [0.15, 0.2) is 5.69 Å². The number of carbonyl (C=O) groups excluding carboxylic acids is 1. The number of thiazole rings is 1. The maximum absolute atomic E-state index is 12.0. The van der Waals surface area contributed by atoms with Crippen molar-refractivity contribution in [1.29, 1.82) is 0 Å². The van der Waals surface area contributed by atoms with E-state index < -0.39 is 0 Å². The van der Waals surface area contributed by atoms with Crippen molar-refractivity contribution >= 4 is 39.0 Å². The van der Waals surface area contributed by atoms with Crippen molar-refractivity contribution in [3.05, 3.63) is 41.5 Å². The third-order valence-corrected chi connectivity index (χ3v) is 3.53. The predicted octanol–water partition coefficient (Wildman–Crippen LogP) is 2.38. The number of nitrogens with one attached hydrogen (secondary N) is 2. The number of carbonyl (C=O) groups is 1. The summed E-state index contributed by atoms with van der Waals surface area (Å²) in [7, 11) is 1.74. The smallest absolute Gasteiger partial charge is 0.276 e. The van der Waals surface area contributed by atoms with Crippen LogP contribution in [-0.4, -0.2) is 28.1 Å². The van der Waals surface area contributed by atoms with Gasteiger partial charge >= 0.3 is 0 Å². The van der Waals surface area contributed by atoms with Crippen LogP contribution in [0.5, 0.6) is 0 Å². The summed E-state index contributed by atoms with van der Waals surface area (Å²) in [5.74, 6) is 0.330. The van der Waals surface area contributed by atoms with E-state index >= 15 is 0 Å². The second-order valence-corrected chi connectivity index (χ2v) is 4.93. The largest absolute Gasteiger partial charge is 0.372 e. The van der Waals surface area contributed by atoms with E-state index in [4.69, 9.17) is 0 Å². The SMILES string of the molecule is CNc1ccc(C(=O)Nc2ccc3ncsc3c2)nn1. The summed E-state index contributed by atoms with van der Waals surface area (Å²) in [6.07, 6.45) is 0. The molecule has 0 fully saturated rings. The summed E-state index contributed by atoms with van der Waals surface area (Å²) in [6.45, 7) is 0. The molecule has 2 N–H and O–H groups in total. The summed E-state index contributed by atoms with van der Waals surface area (Å²) in [5.41, 5.74) is 3.68. The molecule has 0 atom stereocenters. The number of benzene rings is 1. The van der Waals surface area contributed by atoms with E-state index in [9.17, 15) is 4.79 Å². The number of fused-ring (bicyclic) bond motifs is 1. The Kier molecular flexibility index (Phi) is 3.26. The van der Waals surface area contributed by atoms with Crippen molar-refractivity contribution in [1.82, 2.24) is 15.2 Å². The summed E-state index contributed by atoms with van der Waals surface area (Å²) >= 11 is 1.53. The fraction of sp³-hybridized carbons (Fsp3) is 0.0769. The molecule has 0 aliphatic carbocycles. The molecular weight excluding hydrogens is 274 g/mol. The van der Waals surface area contributed by atoms with Gasteiger partial charge in [-0.3, -0.25) is 4.79 Å². The number of nitrogens with zero attached hydrogens (tertiary/aromatic N) is 3. The van der Waals surface area contributed by atoms with Crippen molar-refractivity contribution in [2.45, 2.75) is 0 Å². The molecule has 1 aromatic carbocycles. The molecule has 6 nitrogen and oxygen atoms in total. The topological polar surface area (TPSA) is 79.8 Å². The zero-order chi connectivity index (χ0) is 13.9. The highest BCUT2D eigenvalue weighted by Gasteiger charge is 2.09. The van der Waals surface area contributed by atoms with Crippen LogP contribution in [0.3, 0.4) is 0 Å². The lowest BCUT2D eigenvalue weighted by Crippen LogP contribution is -2.14. The zero-order valence-electron chi connectivity index (χ0n) is 10.6. The first-order valence-corrected chi connectivity index (χ1v) is 6.80. The third-order valence-electron chi connectivity index (χ3n) is 2.74. The molecule has 7 heteroatoms. The van der Waals surface area contributed by atoms with Crippen LogP contribution in [0.25, 0.3) is 10.2 Å². The van der Waals surface area contributed by atoms with Gasteiger partial charge < -0.3 is 10.6 Å². The first-order chi connectivity index (χ1) is 9.76. The van der Waals surface area contributed by atoms with E-state index in [2.05, 4.69) is 25.8 Å². The Morgan fingerprint density at radius 2 is 2.10 bits per heavy atom. The normalized spacial score (nSPS) is 10.4. The van der Waals surface area contributed by atoms with Gasteiger partial charge in [0.1, 0.15) is 5.82 Å². The highest BCUT2D eigenvalue weighted by atomic mass is 32.1. The van der Waals surface area contributed by atoms with Crippen LogP contribution >= 0.6 is 11.3 Å².